The zero-order chi connectivity index (χ0) is 32.7. The van der Waals surface area contributed by atoms with Crippen LogP contribution < -0.4 is 10.2 Å². The number of ether oxygens (including phenoxy) is 2. The summed E-state index contributed by atoms with van der Waals surface area (Å²) < 4.78 is 32.3. The van der Waals surface area contributed by atoms with Crippen LogP contribution in [-0.4, -0.2) is 99.4 Å². The number of nitrogens with one attached hydrogen (secondary N) is 1. The second kappa shape index (κ2) is 11.9. The lowest BCUT2D eigenvalue weighted by molar-refractivity contribution is 0.0240. The van der Waals surface area contributed by atoms with Crippen LogP contribution in [0.3, 0.4) is 0 Å². The number of pyridine rings is 1. The summed E-state index contributed by atoms with van der Waals surface area (Å²) in [6.07, 6.45) is 2.52. The number of fused-ring (bicyclic) bond motifs is 1. The molecule has 2 aliphatic rings. The molecule has 0 atom stereocenters. The molecule has 4 aromatic rings. The fourth-order valence-corrected chi connectivity index (χ4v) is 5.35. The van der Waals surface area contributed by atoms with E-state index < -0.39 is 23.4 Å². The van der Waals surface area contributed by atoms with Gasteiger partial charge in [-0.1, -0.05) is 5.16 Å². The van der Waals surface area contributed by atoms with Gasteiger partial charge in [0, 0.05) is 62.3 Å². The van der Waals surface area contributed by atoms with Crippen molar-refractivity contribution in [3.8, 4) is 11.4 Å². The maximum Gasteiger partial charge on any atom is 0.410 e. The number of imidazole rings is 1. The van der Waals surface area contributed by atoms with E-state index in [0.717, 1.165) is 5.69 Å². The van der Waals surface area contributed by atoms with Crippen molar-refractivity contribution in [2.45, 2.75) is 39.2 Å². The summed E-state index contributed by atoms with van der Waals surface area (Å²) >= 11 is 0. The molecule has 3 aromatic heterocycles. The molecule has 242 valence electrons. The van der Waals surface area contributed by atoms with Crippen LogP contribution in [0.4, 0.5) is 25.4 Å². The molecule has 0 bridgehead atoms. The number of carbonyl (C=O) groups is 3. The zero-order valence-electron chi connectivity index (χ0n) is 26.2. The number of halogens is 1. The summed E-state index contributed by atoms with van der Waals surface area (Å²) in [5.74, 6) is -0.693. The van der Waals surface area contributed by atoms with Gasteiger partial charge in [-0.15, -0.1) is 0 Å². The van der Waals surface area contributed by atoms with E-state index in [1.165, 1.54) is 24.3 Å². The van der Waals surface area contributed by atoms with Gasteiger partial charge in [-0.05, 0) is 52.0 Å². The highest BCUT2D eigenvalue weighted by molar-refractivity contribution is 6.04. The largest absolute Gasteiger partial charge is 0.453 e. The number of carbonyl (C=O) groups excluding carboxylic acids is 3. The molecule has 0 saturated carbocycles. The Hall–Kier alpha value is -5.21. The Labute approximate surface area is 264 Å². The van der Waals surface area contributed by atoms with E-state index in [2.05, 4.69) is 25.3 Å². The van der Waals surface area contributed by atoms with E-state index in [4.69, 9.17) is 14.0 Å². The van der Waals surface area contributed by atoms with Crippen molar-refractivity contribution in [3.05, 3.63) is 59.6 Å². The summed E-state index contributed by atoms with van der Waals surface area (Å²) in [6.45, 7) is 10.0. The van der Waals surface area contributed by atoms with Crippen molar-refractivity contribution < 1.29 is 32.8 Å². The molecule has 2 saturated heterocycles. The van der Waals surface area contributed by atoms with Gasteiger partial charge in [0.2, 0.25) is 11.7 Å². The maximum atomic E-state index is 15.1. The third kappa shape index (κ3) is 6.17. The molecule has 0 spiro atoms. The van der Waals surface area contributed by atoms with Gasteiger partial charge in [0.25, 0.3) is 5.91 Å². The van der Waals surface area contributed by atoms with Crippen molar-refractivity contribution in [2.75, 3.05) is 56.6 Å². The average Bonchev–Trinajstić information content (AvgIpc) is 3.65. The Bertz CT molecular complexity index is 1800. The summed E-state index contributed by atoms with van der Waals surface area (Å²) in [6, 6.07) is 6.61. The maximum absolute atomic E-state index is 15.1. The van der Waals surface area contributed by atoms with Crippen LogP contribution >= 0.6 is 0 Å². The molecule has 0 radical (unpaired) electrons. The lowest BCUT2D eigenvalue weighted by Crippen LogP contribution is -2.50. The van der Waals surface area contributed by atoms with Gasteiger partial charge in [0.1, 0.15) is 22.8 Å². The van der Waals surface area contributed by atoms with E-state index in [1.54, 1.807) is 22.3 Å². The molecule has 5 heterocycles. The molecule has 0 unspecified atom stereocenters. The zero-order valence-corrected chi connectivity index (χ0v) is 26.2. The molecule has 0 aliphatic carbocycles. The number of amides is 3. The first-order chi connectivity index (χ1) is 21.9. The van der Waals surface area contributed by atoms with Crippen LogP contribution in [0.1, 0.15) is 48.6 Å². The van der Waals surface area contributed by atoms with Crippen molar-refractivity contribution in [1.29, 1.82) is 0 Å². The molecule has 6 rings (SSSR count). The van der Waals surface area contributed by atoms with E-state index in [0.29, 0.717) is 56.4 Å². The van der Waals surface area contributed by atoms with Crippen molar-refractivity contribution in [3.63, 3.8) is 0 Å². The van der Waals surface area contributed by atoms with Crippen LogP contribution in [0.2, 0.25) is 0 Å². The fraction of sp³-hybridized carbons (Fsp3) is 0.419. The summed E-state index contributed by atoms with van der Waals surface area (Å²) in [5, 5.41) is 6.81. The predicted molar refractivity (Wildman–Crippen MR) is 164 cm³/mol. The number of methoxy groups -OCH3 is 1. The number of aromatic nitrogens is 4. The molecular formula is C31H35FN8O6. The Balaban J connectivity index is 1.16. The number of rotatable bonds is 5. The minimum absolute atomic E-state index is 0.149. The van der Waals surface area contributed by atoms with Gasteiger partial charge in [0.05, 0.1) is 24.9 Å². The van der Waals surface area contributed by atoms with E-state index in [9.17, 15) is 14.4 Å². The number of nitrogens with zero attached hydrogens (tertiary/aromatic N) is 7. The molecule has 15 heteroatoms. The summed E-state index contributed by atoms with van der Waals surface area (Å²) in [4.78, 5) is 51.7. The van der Waals surface area contributed by atoms with Gasteiger partial charge in [-0.25, -0.2) is 19.0 Å². The molecule has 1 N–H and O–H groups in total. The second-order valence-corrected chi connectivity index (χ2v) is 12.3. The van der Waals surface area contributed by atoms with Crippen LogP contribution in [0.25, 0.3) is 17.0 Å². The van der Waals surface area contributed by atoms with Gasteiger partial charge in [-0.3, -0.25) is 9.20 Å². The van der Waals surface area contributed by atoms with Crippen LogP contribution in [0.5, 0.6) is 0 Å². The van der Waals surface area contributed by atoms with Crippen LogP contribution in [-0.2, 0) is 9.47 Å². The standard InChI is InChI=1S/C31H35FN8O6/c1-18-22(32)12-19(26-35-28(46-36-26)20-15-39(16-20)29(42)44-5)13-23(18)34-27(41)24-14-33-25-7-6-21(17-40(24)25)37-8-10-38(11-9-37)30(43)45-31(2,3)4/h6-7,12-14,17,20H,8-11,15-16H2,1-5H3,(H,34,41). The van der Waals surface area contributed by atoms with Gasteiger partial charge in [0.15, 0.2) is 0 Å². The Morgan fingerprint density at radius 3 is 2.48 bits per heavy atom. The van der Waals surface area contributed by atoms with Crippen molar-refractivity contribution in [1.82, 2.24) is 29.3 Å². The molecule has 14 nitrogen and oxygen atoms in total. The van der Waals surface area contributed by atoms with E-state index in [1.807, 2.05) is 39.1 Å². The Kier molecular flexibility index (Phi) is 8.00. The number of benzene rings is 1. The quantitative estimate of drug-likeness (QED) is 0.337. The fourth-order valence-electron chi connectivity index (χ4n) is 5.35. The number of anilines is 2. The highest BCUT2D eigenvalue weighted by Crippen LogP contribution is 2.31. The molecule has 1 aromatic carbocycles. The topological polar surface area (TPSA) is 148 Å². The second-order valence-electron chi connectivity index (χ2n) is 12.3. The first-order valence-corrected chi connectivity index (χ1v) is 14.9. The first-order valence-electron chi connectivity index (χ1n) is 14.9. The molecule has 3 amide bonds. The average molecular weight is 635 g/mol. The normalized spacial score (nSPS) is 15.6. The minimum atomic E-state index is -0.563. The van der Waals surface area contributed by atoms with Gasteiger partial charge < -0.3 is 34.0 Å². The highest BCUT2D eigenvalue weighted by atomic mass is 19.1. The van der Waals surface area contributed by atoms with E-state index >= 15 is 4.39 Å². The Morgan fingerprint density at radius 1 is 1.04 bits per heavy atom. The monoisotopic (exact) mass is 634 g/mol. The number of likely N-dealkylation sites (tertiary alicyclic amines) is 1. The smallest absolute Gasteiger partial charge is 0.410 e. The molecule has 46 heavy (non-hydrogen) atoms. The minimum Gasteiger partial charge on any atom is -0.453 e. The van der Waals surface area contributed by atoms with Crippen molar-refractivity contribution >= 4 is 35.1 Å². The van der Waals surface area contributed by atoms with Gasteiger partial charge in [-0.2, -0.15) is 4.98 Å². The Morgan fingerprint density at radius 2 is 1.78 bits per heavy atom. The summed E-state index contributed by atoms with van der Waals surface area (Å²) in [5.41, 5.74) is 1.94. The predicted octanol–water partition coefficient (Wildman–Crippen LogP) is 4.31. The van der Waals surface area contributed by atoms with Crippen LogP contribution in [0, 0.1) is 12.7 Å². The third-order valence-corrected chi connectivity index (χ3v) is 7.98. The molecule has 2 fully saturated rings. The molecular weight excluding hydrogens is 599 g/mol. The highest BCUT2D eigenvalue weighted by Gasteiger charge is 2.36. The molecule has 2 aliphatic heterocycles. The number of hydrogen-bond acceptors (Lipinski definition) is 10. The van der Waals surface area contributed by atoms with E-state index in [-0.39, 0.29) is 34.8 Å². The summed E-state index contributed by atoms with van der Waals surface area (Å²) in [7, 11) is 1.31. The third-order valence-electron chi connectivity index (χ3n) is 7.98. The lowest BCUT2D eigenvalue weighted by atomic mass is 10.0. The van der Waals surface area contributed by atoms with Crippen molar-refractivity contribution in [2.24, 2.45) is 0 Å². The SMILES string of the molecule is COC(=O)N1CC(c2nc(-c3cc(F)c(C)c(NC(=O)c4cnc5ccc(N6CCN(C(=O)OC(C)(C)C)CC6)cn45)c3)no2)C1. The van der Waals surface area contributed by atoms with Gasteiger partial charge >= 0.3 is 12.2 Å². The number of hydrogen-bond donors (Lipinski definition) is 1. The first kappa shape index (κ1) is 30.8. The van der Waals surface area contributed by atoms with Crippen LogP contribution in [0.15, 0.2) is 41.2 Å². The lowest BCUT2D eigenvalue weighted by Gasteiger charge is -2.36. The number of piperazine rings is 1.